The quantitative estimate of drug-likeness (QED) is 0.778. The van der Waals surface area contributed by atoms with Crippen molar-refractivity contribution in [2.75, 3.05) is 36.9 Å². The van der Waals surface area contributed by atoms with Crippen LogP contribution in [0.1, 0.15) is 5.56 Å². The Labute approximate surface area is 106 Å². The minimum atomic E-state index is 0.763. The minimum absolute atomic E-state index is 0.763. The van der Waals surface area contributed by atoms with Crippen LogP contribution in [0.5, 0.6) is 0 Å². The Morgan fingerprint density at radius 3 is 2.78 bits per heavy atom. The van der Waals surface area contributed by atoms with Gasteiger partial charge in [0.1, 0.15) is 5.82 Å². The van der Waals surface area contributed by atoms with Gasteiger partial charge < -0.3 is 15.4 Å². The van der Waals surface area contributed by atoms with Crippen molar-refractivity contribution in [3.05, 3.63) is 30.0 Å². The van der Waals surface area contributed by atoms with Gasteiger partial charge in [0.15, 0.2) is 0 Å². The predicted octanol–water partition coefficient (Wildman–Crippen LogP) is 1.96. The summed E-state index contributed by atoms with van der Waals surface area (Å²) in [6.07, 6.45) is 1.83. The first-order chi connectivity index (χ1) is 8.75. The molecule has 1 saturated heterocycles. The van der Waals surface area contributed by atoms with E-state index in [1.807, 2.05) is 18.3 Å². The van der Waals surface area contributed by atoms with Crippen molar-refractivity contribution in [3.63, 3.8) is 0 Å². The normalized spacial score (nSPS) is 16.2. The third-order valence-electron chi connectivity index (χ3n) is 3.35. The van der Waals surface area contributed by atoms with Crippen LogP contribution in [0.25, 0.3) is 10.8 Å². The van der Waals surface area contributed by atoms with Gasteiger partial charge in [-0.3, -0.25) is 0 Å². The van der Waals surface area contributed by atoms with Gasteiger partial charge in [0.2, 0.25) is 0 Å². The molecule has 18 heavy (non-hydrogen) atoms. The van der Waals surface area contributed by atoms with Gasteiger partial charge in [0.05, 0.1) is 13.2 Å². The summed E-state index contributed by atoms with van der Waals surface area (Å²) >= 11 is 0. The van der Waals surface area contributed by atoms with E-state index in [1.54, 1.807) is 0 Å². The number of nitrogen functional groups attached to an aromatic ring is 1. The van der Waals surface area contributed by atoms with Crippen LogP contribution in [-0.4, -0.2) is 31.3 Å². The topological polar surface area (TPSA) is 51.4 Å². The molecule has 3 rings (SSSR count). The summed E-state index contributed by atoms with van der Waals surface area (Å²) in [5, 5.41) is 2.22. The molecule has 1 fully saturated rings. The number of aromatic nitrogens is 1. The van der Waals surface area contributed by atoms with Crippen molar-refractivity contribution in [1.29, 1.82) is 0 Å². The Morgan fingerprint density at radius 2 is 2.00 bits per heavy atom. The highest BCUT2D eigenvalue weighted by Gasteiger charge is 2.15. The number of fused-ring (bicyclic) bond motifs is 1. The van der Waals surface area contributed by atoms with Gasteiger partial charge >= 0.3 is 0 Å². The summed E-state index contributed by atoms with van der Waals surface area (Å²) in [6, 6.07) is 6.14. The van der Waals surface area contributed by atoms with Gasteiger partial charge in [-0.25, -0.2) is 4.98 Å². The Hall–Kier alpha value is -1.81. The number of nitrogens with two attached hydrogens (primary N) is 1. The number of anilines is 2. The molecule has 0 bridgehead atoms. The third kappa shape index (κ3) is 1.88. The number of nitrogens with zero attached hydrogens (tertiary/aromatic N) is 2. The van der Waals surface area contributed by atoms with Crippen molar-refractivity contribution >= 4 is 22.3 Å². The Balaban J connectivity index is 2.16. The van der Waals surface area contributed by atoms with Crippen molar-refractivity contribution < 1.29 is 4.74 Å². The molecule has 2 aromatic rings. The molecule has 1 aromatic heterocycles. The first-order valence-corrected chi connectivity index (χ1v) is 6.23. The van der Waals surface area contributed by atoms with Crippen LogP contribution in [0.2, 0.25) is 0 Å². The molecule has 1 aliphatic heterocycles. The molecule has 0 aliphatic carbocycles. The maximum absolute atomic E-state index is 6.08. The molecule has 2 heterocycles. The molecule has 0 atom stereocenters. The second-order valence-corrected chi connectivity index (χ2v) is 4.68. The third-order valence-corrected chi connectivity index (χ3v) is 3.35. The van der Waals surface area contributed by atoms with E-state index in [9.17, 15) is 0 Å². The summed E-state index contributed by atoms with van der Waals surface area (Å²) in [6.45, 7) is 5.37. The summed E-state index contributed by atoms with van der Waals surface area (Å²) < 4.78 is 5.39. The van der Waals surface area contributed by atoms with E-state index in [0.717, 1.165) is 48.6 Å². The minimum Gasteiger partial charge on any atom is -0.398 e. The molecule has 4 heteroatoms. The number of aryl methyl sites for hydroxylation is 1. The fraction of sp³-hybridized carbons (Fsp3) is 0.357. The number of hydrogen-bond acceptors (Lipinski definition) is 4. The highest BCUT2D eigenvalue weighted by molar-refractivity contribution is 6.00. The molecule has 1 aliphatic rings. The van der Waals surface area contributed by atoms with Gasteiger partial charge in [0.25, 0.3) is 0 Å². The fourth-order valence-corrected chi connectivity index (χ4v) is 2.48. The zero-order chi connectivity index (χ0) is 12.5. The highest BCUT2D eigenvalue weighted by atomic mass is 16.5. The second-order valence-electron chi connectivity index (χ2n) is 4.68. The molecule has 0 spiro atoms. The van der Waals surface area contributed by atoms with Crippen LogP contribution >= 0.6 is 0 Å². The van der Waals surface area contributed by atoms with Gasteiger partial charge in [-0.15, -0.1) is 0 Å². The lowest BCUT2D eigenvalue weighted by atomic mass is 10.1. The summed E-state index contributed by atoms with van der Waals surface area (Å²) in [5.41, 5.74) is 8.07. The van der Waals surface area contributed by atoms with Crippen molar-refractivity contribution in [1.82, 2.24) is 4.98 Å². The van der Waals surface area contributed by atoms with Crippen LogP contribution in [0, 0.1) is 6.92 Å². The standard InChI is InChI=1S/C14H17N3O/c1-10-8-12-11(13(15)9-10)2-3-16-14(12)17-4-6-18-7-5-17/h2-3,8-9H,4-7,15H2,1H3. The average molecular weight is 243 g/mol. The fourth-order valence-electron chi connectivity index (χ4n) is 2.48. The highest BCUT2D eigenvalue weighted by Crippen LogP contribution is 2.29. The predicted molar refractivity (Wildman–Crippen MR) is 73.9 cm³/mol. The van der Waals surface area contributed by atoms with Crippen LogP contribution in [0.3, 0.4) is 0 Å². The van der Waals surface area contributed by atoms with E-state index in [4.69, 9.17) is 10.5 Å². The lowest BCUT2D eigenvalue weighted by molar-refractivity contribution is 0.122. The van der Waals surface area contributed by atoms with Crippen LogP contribution in [0.15, 0.2) is 24.4 Å². The molecule has 0 radical (unpaired) electrons. The SMILES string of the molecule is Cc1cc(N)c2ccnc(N3CCOCC3)c2c1. The molecule has 1 aromatic carbocycles. The number of morpholine rings is 1. The number of benzene rings is 1. The number of pyridine rings is 1. The summed E-state index contributed by atoms with van der Waals surface area (Å²) in [7, 11) is 0. The summed E-state index contributed by atoms with van der Waals surface area (Å²) in [4.78, 5) is 6.80. The van der Waals surface area contributed by atoms with Gasteiger partial charge in [-0.2, -0.15) is 0 Å². The maximum Gasteiger partial charge on any atom is 0.136 e. The lowest BCUT2D eigenvalue weighted by Gasteiger charge is -2.28. The van der Waals surface area contributed by atoms with Gasteiger partial charge in [-0.05, 0) is 30.7 Å². The Kier molecular flexibility index (Phi) is 2.80. The number of hydrogen-bond donors (Lipinski definition) is 1. The smallest absolute Gasteiger partial charge is 0.136 e. The first kappa shape index (κ1) is 11.3. The van der Waals surface area contributed by atoms with Crippen LogP contribution in [-0.2, 0) is 4.74 Å². The molecular formula is C14H17N3O. The number of rotatable bonds is 1. The Bertz CT molecular complexity index is 577. The van der Waals surface area contributed by atoms with E-state index in [1.165, 1.54) is 5.56 Å². The zero-order valence-electron chi connectivity index (χ0n) is 10.5. The van der Waals surface area contributed by atoms with Crippen LogP contribution < -0.4 is 10.6 Å². The van der Waals surface area contributed by atoms with E-state index in [-0.39, 0.29) is 0 Å². The van der Waals surface area contributed by atoms with Crippen molar-refractivity contribution in [2.45, 2.75) is 6.92 Å². The maximum atomic E-state index is 6.08. The molecule has 0 saturated carbocycles. The van der Waals surface area contributed by atoms with Gasteiger partial charge in [-0.1, -0.05) is 0 Å². The van der Waals surface area contributed by atoms with E-state index < -0.39 is 0 Å². The first-order valence-electron chi connectivity index (χ1n) is 6.23. The van der Waals surface area contributed by atoms with Gasteiger partial charge in [0, 0.05) is 35.7 Å². The average Bonchev–Trinajstić information content (AvgIpc) is 2.39. The molecule has 94 valence electrons. The Morgan fingerprint density at radius 1 is 1.22 bits per heavy atom. The monoisotopic (exact) mass is 243 g/mol. The lowest BCUT2D eigenvalue weighted by Crippen LogP contribution is -2.36. The molecule has 0 unspecified atom stereocenters. The zero-order valence-corrected chi connectivity index (χ0v) is 10.5. The van der Waals surface area contributed by atoms with E-state index >= 15 is 0 Å². The second kappa shape index (κ2) is 4.46. The van der Waals surface area contributed by atoms with E-state index in [0.29, 0.717) is 0 Å². The molecule has 0 amide bonds. The van der Waals surface area contributed by atoms with E-state index in [2.05, 4.69) is 22.9 Å². The van der Waals surface area contributed by atoms with Crippen molar-refractivity contribution in [3.8, 4) is 0 Å². The largest absolute Gasteiger partial charge is 0.398 e. The molecule has 4 nitrogen and oxygen atoms in total. The van der Waals surface area contributed by atoms with Crippen LogP contribution in [0.4, 0.5) is 11.5 Å². The molecular weight excluding hydrogens is 226 g/mol. The molecule has 2 N–H and O–H groups in total. The number of ether oxygens (including phenoxy) is 1. The van der Waals surface area contributed by atoms with Crippen molar-refractivity contribution in [2.24, 2.45) is 0 Å². The summed E-state index contributed by atoms with van der Waals surface area (Å²) in [5.74, 6) is 1.02.